The van der Waals surface area contributed by atoms with Crippen molar-refractivity contribution >= 4 is 51.4 Å². The Bertz CT molecular complexity index is 81.6. The molecule has 0 aromatic carbocycles. The maximum Gasteiger partial charge on any atom is 0.0496 e. The van der Waals surface area contributed by atoms with Gasteiger partial charge >= 0.3 is 51.4 Å². The molecule has 0 radical (unpaired) electrons. The normalized spacial score (nSPS) is 6.86. The first kappa shape index (κ1) is 7.72. The summed E-state index contributed by atoms with van der Waals surface area (Å²) in [6, 6.07) is 3.65. The zero-order valence-electron chi connectivity index (χ0n) is 3.20. The van der Waals surface area contributed by atoms with Gasteiger partial charge in [0.05, 0.1) is 0 Å². The number of nitrogens with zero attached hydrogens (tertiary/aromatic N) is 2. The van der Waals surface area contributed by atoms with Crippen LogP contribution in [0.4, 0.5) is 0 Å². The summed E-state index contributed by atoms with van der Waals surface area (Å²) in [5.41, 5.74) is 0. The average molecular weight is 120 g/mol. The van der Waals surface area contributed by atoms with Crippen LogP contribution in [0, 0.1) is 0 Å². The van der Waals surface area contributed by atoms with Crippen LogP contribution in [-0.4, -0.2) is 61.6 Å². The Balaban J connectivity index is 0.000000360. The van der Waals surface area contributed by atoms with Gasteiger partial charge in [-0.1, -0.05) is 0 Å². The Morgan fingerprint density at radius 3 is 1.43 bits per heavy atom. The van der Waals surface area contributed by atoms with E-state index in [9.17, 15) is 0 Å². The van der Waals surface area contributed by atoms with Crippen LogP contribution in [0.3, 0.4) is 0 Å². The van der Waals surface area contributed by atoms with Crippen molar-refractivity contribution in [3.05, 3.63) is 24.5 Å². The zero-order valence-corrected chi connectivity index (χ0v) is 3.20. The average Bonchev–Trinajstić information content (AvgIpc) is 1.72. The third-order valence-corrected chi connectivity index (χ3v) is 0.483. The minimum absolute atomic E-state index is 0. The van der Waals surface area contributed by atoms with E-state index in [0.717, 1.165) is 0 Å². The summed E-state index contributed by atoms with van der Waals surface area (Å²) >= 11 is 0. The number of hydrogen-bond donors (Lipinski definition) is 0. The van der Waals surface area contributed by atoms with Gasteiger partial charge in [0.15, 0.2) is 0 Å². The molecule has 1 heterocycles. The fraction of sp³-hybridized carbons (Fsp3) is 0. The molecule has 32 valence electrons. The summed E-state index contributed by atoms with van der Waals surface area (Å²) in [7, 11) is 0. The summed E-state index contributed by atoms with van der Waals surface area (Å²) < 4.78 is 0. The maximum atomic E-state index is 3.53. The molecule has 1 aromatic heterocycles. The largest absolute Gasteiger partial charge is 0.159 e. The van der Waals surface area contributed by atoms with Gasteiger partial charge < -0.3 is 0 Å². The molecule has 0 saturated heterocycles. The van der Waals surface area contributed by atoms with E-state index in [1.54, 1.807) is 12.4 Å². The van der Waals surface area contributed by atoms with Crippen LogP contribution in [0.5, 0.6) is 0 Å². The molecular formula is C4H5KN2. The third-order valence-electron chi connectivity index (χ3n) is 0.483. The molecule has 0 fully saturated rings. The quantitative estimate of drug-likeness (QED) is 0.444. The molecule has 0 unspecified atom stereocenters. The first-order valence-electron chi connectivity index (χ1n) is 1.72. The van der Waals surface area contributed by atoms with Crippen molar-refractivity contribution in [3.63, 3.8) is 0 Å². The Labute approximate surface area is 84.8 Å². The van der Waals surface area contributed by atoms with Crippen LogP contribution in [0.25, 0.3) is 0 Å². The first-order valence-corrected chi connectivity index (χ1v) is 1.72. The molecule has 0 spiro atoms. The van der Waals surface area contributed by atoms with Crippen molar-refractivity contribution in [2.24, 2.45) is 0 Å². The third kappa shape index (κ3) is 3.31. The molecule has 1 rings (SSSR count). The molecule has 7 heavy (non-hydrogen) atoms. The second-order valence-electron chi connectivity index (χ2n) is 0.914. The fourth-order valence-electron chi connectivity index (χ4n) is 0.253. The minimum Gasteiger partial charge on any atom is -0.159 e. The standard InChI is InChI=1S/C4H4N2.K.H/c1-2-4-6-5-3-1;;/h1-4H;;. The van der Waals surface area contributed by atoms with Crippen LogP contribution in [0.15, 0.2) is 24.5 Å². The molecule has 2 nitrogen and oxygen atoms in total. The number of aromatic nitrogens is 2. The van der Waals surface area contributed by atoms with Gasteiger partial charge in [-0.05, 0) is 12.1 Å². The fourth-order valence-corrected chi connectivity index (χ4v) is 0.253. The van der Waals surface area contributed by atoms with Crippen LogP contribution in [0.2, 0.25) is 0 Å². The SMILES string of the molecule is [KH].c1ccnnc1. The molecule has 3 heteroatoms. The summed E-state index contributed by atoms with van der Waals surface area (Å²) in [5, 5.41) is 7.07. The summed E-state index contributed by atoms with van der Waals surface area (Å²) in [6.45, 7) is 0. The van der Waals surface area contributed by atoms with Crippen molar-refractivity contribution in [3.8, 4) is 0 Å². The first-order chi connectivity index (χ1) is 3.00. The van der Waals surface area contributed by atoms with Crippen molar-refractivity contribution < 1.29 is 0 Å². The van der Waals surface area contributed by atoms with E-state index in [1.807, 2.05) is 12.1 Å². The topological polar surface area (TPSA) is 25.8 Å². The predicted molar refractivity (Wildman–Crippen MR) is 29.2 cm³/mol. The Kier molecular flexibility index (Phi) is 5.36. The summed E-state index contributed by atoms with van der Waals surface area (Å²) in [6.07, 6.45) is 3.28. The molecule has 0 bridgehead atoms. The van der Waals surface area contributed by atoms with Crippen molar-refractivity contribution in [1.29, 1.82) is 0 Å². The van der Waals surface area contributed by atoms with E-state index >= 15 is 0 Å². The van der Waals surface area contributed by atoms with Crippen LogP contribution in [0.1, 0.15) is 0 Å². The monoisotopic (exact) mass is 120 g/mol. The van der Waals surface area contributed by atoms with Gasteiger partial charge in [0.25, 0.3) is 0 Å². The van der Waals surface area contributed by atoms with Crippen molar-refractivity contribution in [2.75, 3.05) is 0 Å². The molecule has 1 aromatic rings. The van der Waals surface area contributed by atoms with E-state index in [2.05, 4.69) is 10.2 Å². The van der Waals surface area contributed by atoms with Gasteiger partial charge in [-0.25, -0.2) is 0 Å². The molecule has 0 amide bonds. The van der Waals surface area contributed by atoms with E-state index in [-0.39, 0.29) is 51.4 Å². The molecule has 0 aliphatic heterocycles. The van der Waals surface area contributed by atoms with Gasteiger partial charge in [-0.3, -0.25) is 0 Å². The number of hydrogen-bond acceptors (Lipinski definition) is 2. The van der Waals surface area contributed by atoms with Crippen LogP contribution >= 0.6 is 0 Å². The molecular weight excluding hydrogens is 115 g/mol. The molecule has 0 aliphatic rings. The summed E-state index contributed by atoms with van der Waals surface area (Å²) in [4.78, 5) is 0. The smallest absolute Gasteiger partial charge is 0.0496 e. The summed E-state index contributed by atoms with van der Waals surface area (Å²) in [5.74, 6) is 0. The van der Waals surface area contributed by atoms with Crippen molar-refractivity contribution in [1.82, 2.24) is 10.2 Å². The Morgan fingerprint density at radius 1 is 0.857 bits per heavy atom. The van der Waals surface area contributed by atoms with Gasteiger partial charge in [-0.2, -0.15) is 10.2 Å². The van der Waals surface area contributed by atoms with E-state index in [0.29, 0.717) is 0 Å². The van der Waals surface area contributed by atoms with E-state index in [1.165, 1.54) is 0 Å². The zero-order chi connectivity index (χ0) is 4.24. The van der Waals surface area contributed by atoms with Gasteiger partial charge in [0.2, 0.25) is 0 Å². The molecule has 0 saturated carbocycles. The van der Waals surface area contributed by atoms with Gasteiger partial charge in [0, 0.05) is 12.4 Å². The predicted octanol–water partition coefficient (Wildman–Crippen LogP) is -0.172. The second kappa shape index (κ2) is 4.87. The Hall–Kier alpha value is 0.716. The Morgan fingerprint density at radius 2 is 1.29 bits per heavy atom. The van der Waals surface area contributed by atoms with E-state index < -0.39 is 0 Å². The van der Waals surface area contributed by atoms with Crippen molar-refractivity contribution in [2.45, 2.75) is 0 Å². The molecule has 0 N–H and O–H groups in total. The minimum atomic E-state index is 0. The van der Waals surface area contributed by atoms with Gasteiger partial charge in [-0.15, -0.1) is 0 Å². The second-order valence-corrected chi connectivity index (χ2v) is 0.914. The van der Waals surface area contributed by atoms with Gasteiger partial charge in [0.1, 0.15) is 0 Å². The van der Waals surface area contributed by atoms with Crippen LogP contribution < -0.4 is 0 Å². The van der Waals surface area contributed by atoms with Crippen LogP contribution in [-0.2, 0) is 0 Å². The van der Waals surface area contributed by atoms with E-state index in [4.69, 9.17) is 0 Å². The molecule has 0 atom stereocenters. The number of rotatable bonds is 0. The maximum absolute atomic E-state index is 3.53. The molecule has 0 aliphatic carbocycles.